The van der Waals surface area contributed by atoms with E-state index in [-0.39, 0.29) is 30.1 Å². The standard InChI is InChI=1S/C17H27N3O4/c1-11-13(12(2)19-18-11)9-16(23)20-5-3-17(4-6-20)14(22)10-15(17)24-8-7-21/h14-15,21-22H,3-10H2,1-2H3,(H,18,19)/t14-,15+/m1/s1. The molecule has 2 atom stereocenters. The first-order valence-corrected chi connectivity index (χ1v) is 8.66. The zero-order chi connectivity index (χ0) is 17.3. The van der Waals surface area contributed by atoms with Crippen LogP contribution in [-0.2, 0) is 16.0 Å². The molecular weight excluding hydrogens is 310 g/mol. The summed E-state index contributed by atoms with van der Waals surface area (Å²) < 4.78 is 5.68. The number of hydrogen-bond donors (Lipinski definition) is 3. The molecule has 3 N–H and O–H groups in total. The number of aliphatic hydroxyl groups is 2. The SMILES string of the molecule is Cc1n[nH]c(C)c1CC(=O)N1CCC2(CC1)[C@H](O)C[C@@H]2OCCO. The zero-order valence-corrected chi connectivity index (χ0v) is 14.4. The van der Waals surface area contributed by atoms with Crippen molar-refractivity contribution < 1.29 is 19.7 Å². The number of likely N-dealkylation sites (tertiary alicyclic amines) is 1. The number of nitrogens with zero attached hydrogens (tertiary/aromatic N) is 2. The first-order chi connectivity index (χ1) is 11.5. The van der Waals surface area contributed by atoms with Crippen LogP contribution < -0.4 is 0 Å². The number of aromatic nitrogens is 2. The quantitative estimate of drug-likeness (QED) is 0.719. The lowest BCUT2D eigenvalue weighted by atomic mass is 9.58. The molecule has 2 heterocycles. The minimum atomic E-state index is -0.364. The number of hydrogen-bond acceptors (Lipinski definition) is 5. The molecule has 1 aliphatic heterocycles. The number of H-pyrrole nitrogens is 1. The van der Waals surface area contributed by atoms with Gasteiger partial charge in [0, 0.05) is 36.2 Å². The molecule has 1 saturated heterocycles. The molecule has 1 aromatic heterocycles. The fourth-order valence-electron chi connectivity index (χ4n) is 4.08. The molecule has 1 aliphatic carbocycles. The monoisotopic (exact) mass is 337 g/mol. The third-order valence-corrected chi connectivity index (χ3v) is 5.81. The van der Waals surface area contributed by atoms with Crippen molar-refractivity contribution in [1.29, 1.82) is 0 Å². The van der Waals surface area contributed by atoms with Gasteiger partial charge in [-0.05, 0) is 26.7 Å². The van der Waals surface area contributed by atoms with E-state index in [1.807, 2.05) is 18.7 Å². The van der Waals surface area contributed by atoms with Gasteiger partial charge in [0.25, 0.3) is 0 Å². The van der Waals surface area contributed by atoms with Crippen LogP contribution >= 0.6 is 0 Å². The third kappa shape index (κ3) is 2.96. The summed E-state index contributed by atoms with van der Waals surface area (Å²) in [6.07, 6.45) is 2.13. The Morgan fingerprint density at radius 2 is 2.12 bits per heavy atom. The van der Waals surface area contributed by atoms with Crippen LogP contribution in [0.4, 0.5) is 0 Å². The van der Waals surface area contributed by atoms with Crippen molar-refractivity contribution in [1.82, 2.24) is 15.1 Å². The van der Waals surface area contributed by atoms with Gasteiger partial charge in [-0.1, -0.05) is 0 Å². The van der Waals surface area contributed by atoms with Crippen LogP contribution in [0.15, 0.2) is 0 Å². The Hall–Kier alpha value is -1.44. The van der Waals surface area contributed by atoms with Crippen molar-refractivity contribution in [3.63, 3.8) is 0 Å². The molecule has 1 aromatic rings. The van der Waals surface area contributed by atoms with Crippen LogP contribution in [0.2, 0.25) is 0 Å². The molecule has 1 amide bonds. The highest BCUT2D eigenvalue weighted by molar-refractivity contribution is 5.79. The summed E-state index contributed by atoms with van der Waals surface area (Å²) in [5.74, 6) is 0.110. The molecule has 7 nitrogen and oxygen atoms in total. The molecule has 7 heteroatoms. The molecule has 3 rings (SSSR count). The van der Waals surface area contributed by atoms with Crippen molar-refractivity contribution in [3.05, 3.63) is 17.0 Å². The lowest BCUT2D eigenvalue weighted by molar-refractivity contribution is -0.213. The van der Waals surface area contributed by atoms with E-state index in [1.54, 1.807) is 0 Å². The van der Waals surface area contributed by atoms with Gasteiger partial charge >= 0.3 is 0 Å². The van der Waals surface area contributed by atoms with Gasteiger partial charge in [0.1, 0.15) is 0 Å². The number of piperidine rings is 1. The molecule has 1 saturated carbocycles. The molecule has 0 bridgehead atoms. The van der Waals surface area contributed by atoms with E-state index in [1.165, 1.54) is 0 Å². The molecule has 0 radical (unpaired) electrons. The number of carbonyl (C=O) groups excluding carboxylic acids is 1. The maximum Gasteiger partial charge on any atom is 0.227 e. The molecule has 134 valence electrons. The summed E-state index contributed by atoms with van der Waals surface area (Å²) in [5.41, 5.74) is 2.56. The average molecular weight is 337 g/mol. The third-order valence-electron chi connectivity index (χ3n) is 5.81. The Kier molecular flexibility index (Phi) is 4.94. The van der Waals surface area contributed by atoms with Gasteiger partial charge in [0.2, 0.25) is 5.91 Å². The second-order valence-electron chi connectivity index (χ2n) is 7.04. The Labute approximate surface area is 142 Å². The topological polar surface area (TPSA) is 98.7 Å². The summed E-state index contributed by atoms with van der Waals surface area (Å²) >= 11 is 0. The van der Waals surface area contributed by atoms with Crippen molar-refractivity contribution >= 4 is 5.91 Å². The lowest BCUT2D eigenvalue weighted by Gasteiger charge is -2.56. The second kappa shape index (κ2) is 6.82. The minimum absolute atomic E-state index is 0.00329. The highest BCUT2D eigenvalue weighted by Crippen LogP contribution is 2.50. The fourth-order valence-corrected chi connectivity index (χ4v) is 4.08. The number of aliphatic hydroxyl groups excluding tert-OH is 2. The van der Waals surface area contributed by atoms with Crippen molar-refractivity contribution in [2.75, 3.05) is 26.3 Å². The summed E-state index contributed by atoms with van der Waals surface area (Å²) in [7, 11) is 0. The number of amides is 1. The fraction of sp³-hybridized carbons (Fsp3) is 0.765. The van der Waals surface area contributed by atoms with Crippen LogP contribution in [-0.4, -0.2) is 69.7 Å². The van der Waals surface area contributed by atoms with Crippen molar-refractivity contribution in [2.24, 2.45) is 5.41 Å². The summed E-state index contributed by atoms with van der Waals surface area (Å²) in [4.78, 5) is 14.5. The van der Waals surface area contributed by atoms with Gasteiger partial charge in [-0.25, -0.2) is 0 Å². The molecule has 0 unspecified atom stereocenters. The molecule has 2 fully saturated rings. The number of aromatic amines is 1. The second-order valence-corrected chi connectivity index (χ2v) is 7.04. The largest absolute Gasteiger partial charge is 0.394 e. The van der Waals surface area contributed by atoms with Crippen LogP contribution in [0.5, 0.6) is 0 Å². The number of nitrogens with one attached hydrogen (secondary N) is 1. The molecular formula is C17H27N3O4. The maximum atomic E-state index is 12.6. The van der Waals surface area contributed by atoms with Gasteiger partial charge in [0.05, 0.1) is 37.5 Å². The van der Waals surface area contributed by atoms with Crippen LogP contribution in [0.3, 0.4) is 0 Å². The van der Waals surface area contributed by atoms with E-state index in [4.69, 9.17) is 9.84 Å². The summed E-state index contributed by atoms with van der Waals surface area (Å²) in [6, 6.07) is 0. The van der Waals surface area contributed by atoms with Gasteiger partial charge < -0.3 is 19.8 Å². The number of rotatable bonds is 5. The van der Waals surface area contributed by atoms with Gasteiger partial charge in [-0.2, -0.15) is 5.10 Å². The zero-order valence-electron chi connectivity index (χ0n) is 14.4. The van der Waals surface area contributed by atoms with Gasteiger partial charge in [0.15, 0.2) is 0 Å². The maximum absolute atomic E-state index is 12.6. The highest BCUT2D eigenvalue weighted by Gasteiger charge is 2.56. The number of ether oxygens (including phenoxy) is 1. The Bertz CT molecular complexity index is 573. The molecule has 0 aromatic carbocycles. The van der Waals surface area contributed by atoms with E-state index in [0.29, 0.717) is 32.5 Å². The molecule has 1 spiro atoms. The predicted octanol–water partition coefficient (Wildman–Crippen LogP) is 0.320. The summed E-state index contributed by atoms with van der Waals surface area (Å²) in [6.45, 7) is 5.43. The van der Waals surface area contributed by atoms with E-state index in [2.05, 4.69) is 10.2 Å². The summed E-state index contributed by atoms with van der Waals surface area (Å²) in [5, 5.41) is 26.2. The average Bonchev–Trinajstić information content (AvgIpc) is 2.90. The Morgan fingerprint density at radius 1 is 1.42 bits per heavy atom. The van der Waals surface area contributed by atoms with Crippen molar-refractivity contribution in [3.8, 4) is 0 Å². The van der Waals surface area contributed by atoms with Crippen LogP contribution in [0, 0.1) is 19.3 Å². The predicted molar refractivity (Wildman–Crippen MR) is 87.5 cm³/mol. The minimum Gasteiger partial charge on any atom is -0.394 e. The van der Waals surface area contributed by atoms with E-state index >= 15 is 0 Å². The van der Waals surface area contributed by atoms with Crippen molar-refractivity contribution in [2.45, 2.75) is 51.7 Å². The van der Waals surface area contributed by atoms with Crippen LogP contribution in [0.25, 0.3) is 0 Å². The van der Waals surface area contributed by atoms with Crippen LogP contribution in [0.1, 0.15) is 36.2 Å². The first-order valence-electron chi connectivity index (χ1n) is 8.66. The van der Waals surface area contributed by atoms with E-state index in [9.17, 15) is 9.90 Å². The van der Waals surface area contributed by atoms with E-state index < -0.39 is 0 Å². The number of carbonyl (C=O) groups is 1. The Balaban J connectivity index is 1.57. The van der Waals surface area contributed by atoms with E-state index in [0.717, 1.165) is 29.8 Å². The highest BCUT2D eigenvalue weighted by atomic mass is 16.5. The Morgan fingerprint density at radius 3 is 2.67 bits per heavy atom. The molecule has 24 heavy (non-hydrogen) atoms. The number of aryl methyl sites for hydroxylation is 2. The molecule has 2 aliphatic rings. The normalized spacial score (nSPS) is 25.8. The first kappa shape index (κ1) is 17.4. The lowest BCUT2D eigenvalue weighted by Crippen LogP contribution is -2.63. The van der Waals surface area contributed by atoms with Gasteiger partial charge in [-0.3, -0.25) is 9.89 Å². The smallest absolute Gasteiger partial charge is 0.227 e. The van der Waals surface area contributed by atoms with Gasteiger partial charge in [-0.15, -0.1) is 0 Å².